The van der Waals surface area contributed by atoms with Gasteiger partial charge in [0.05, 0.1) is 35.3 Å². The number of aromatic nitrogens is 6. The Balaban J connectivity index is 0.000000191. The second kappa shape index (κ2) is 22.9. The van der Waals surface area contributed by atoms with Crippen molar-refractivity contribution in [3.8, 4) is 22.5 Å². The third-order valence-electron chi connectivity index (χ3n) is 12.2. The number of nitrogens with zero attached hydrogens (tertiary/aromatic N) is 10. The van der Waals surface area contributed by atoms with Gasteiger partial charge in [-0.05, 0) is 87.6 Å². The minimum atomic E-state index is -1.70. The molecule has 0 spiro atoms. The second-order valence-electron chi connectivity index (χ2n) is 17.8. The number of halogens is 4. The molecule has 19 nitrogen and oxygen atoms in total. The highest BCUT2D eigenvalue weighted by Crippen LogP contribution is 2.41. The predicted molar refractivity (Wildman–Crippen MR) is 290 cm³/mol. The molecule has 0 saturated heterocycles. The molecule has 400 valence electrons. The van der Waals surface area contributed by atoms with Crippen LogP contribution in [0.3, 0.4) is 0 Å². The number of amides is 6. The molecule has 0 aliphatic carbocycles. The third-order valence-corrected chi connectivity index (χ3v) is 14.3. The van der Waals surface area contributed by atoms with Gasteiger partial charge in [0.25, 0.3) is 11.8 Å². The SMILES string of the molecule is Cc1ccc(C(=O)Nc2nccs2)cc1-c1nc(N(C)CCN(C)C)nc2c1CNC(=O)N2c1c(F)cccc1F.Cc1ccc(C(=O)Nc2nccs2)cc1-c1nc(S(C)=O)nc2c1CNC(=O)N2c1c(F)cccc1F. The molecule has 0 fully saturated rings. The van der Waals surface area contributed by atoms with Crippen LogP contribution in [0.15, 0.2) is 101 Å². The highest BCUT2D eigenvalue weighted by atomic mass is 32.2. The first-order valence-corrected chi connectivity index (χ1v) is 26.9. The Bertz CT molecular complexity index is 3630. The summed E-state index contributed by atoms with van der Waals surface area (Å²) in [5.41, 5.74) is 3.67. The molecular weight excluding hydrogens is 1070 g/mol. The minimum absolute atomic E-state index is 0.0206. The predicted octanol–water partition coefficient (Wildman–Crippen LogP) is 9.34. The summed E-state index contributed by atoms with van der Waals surface area (Å²) in [6, 6.07) is 15.3. The molecule has 0 bridgehead atoms. The standard InChI is InChI=1S/C28H28F2N8O2S.C24H18F2N6O3S2/c1-16-8-9-17(25(39)35-27-31-10-13-41-27)14-18(16)22-19-15-32-28(40)38(23-20(29)6-5-7-21(23)30)24(19)34-26(33-22)37(4)12-11-36(2)3;1-12-6-7-13(21(33)31-22-27-8-9-36-22)10-14(12)18-15-11-28-24(34)32(19-16(25)4-3-5-17(19)26)20(15)30-23(29-18)37(2)35/h5-10,13-14H,11-12,15H2,1-4H3,(H,32,40)(H,31,35,39);3-10H,11H2,1-2H3,(H,28,34)(H,27,31,33). The molecule has 4 aromatic carbocycles. The van der Waals surface area contributed by atoms with Gasteiger partial charge in [-0.15, -0.1) is 22.7 Å². The summed E-state index contributed by atoms with van der Waals surface area (Å²) in [4.78, 5) is 83.7. The average molecular weight is 1120 g/mol. The number of para-hydroxylation sites is 2. The van der Waals surface area contributed by atoms with Crippen LogP contribution in [0.1, 0.15) is 43.0 Å². The number of nitrogens with one attached hydrogen (secondary N) is 4. The van der Waals surface area contributed by atoms with Crippen molar-refractivity contribution < 1.29 is 40.9 Å². The fourth-order valence-electron chi connectivity index (χ4n) is 8.25. The first-order chi connectivity index (χ1) is 37.4. The Kier molecular flexibility index (Phi) is 15.9. The maximum absolute atomic E-state index is 15.0. The summed E-state index contributed by atoms with van der Waals surface area (Å²) in [6.45, 7) is 4.86. The number of aryl methyl sites for hydroxylation is 2. The Labute approximate surface area is 453 Å². The first kappa shape index (κ1) is 54.2. The van der Waals surface area contributed by atoms with Crippen LogP contribution in [0, 0.1) is 37.1 Å². The topological polar surface area (TPSA) is 224 Å². The molecule has 0 saturated carbocycles. The van der Waals surface area contributed by atoms with E-state index in [2.05, 4.69) is 46.2 Å². The molecule has 2 aliphatic rings. The van der Waals surface area contributed by atoms with Crippen molar-refractivity contribution in [2.45, 2.75) is 32.1 Å². The molecule has 6 amide bonds. The highest BCUT2D eigenvalue weighted by molar-refractivity contribution is 7.84. The lowest BCUT2D eigenvalue weighted by Gasteiger charge is -2.32. The maximum atomic E-state index is 15.0. The van der Waals surface area contributed by atoms with Crippen molar-refractivity contribution in [3.63, 3.8) is 0 Å². The maximum Gasteiger partial charge on any atom is 0.328 e. The van der Waals surface area contributed by atoms with E-state index in [1.54, 1.807) is 78.4 Å². The lowest BCUT2D eigenvalue weighted by atomic mass is 9.97. The zero-order valence-corrected chi connectivity index (χ0v) is 44.8. The molecular formula is C52H46F4N14O5S3. The number of hydrogen-bond acceptors (Lipinski definition) is 15. The molecule has 4 N–H and O–H groups in total. The Hall–Kier alpha value is -8.59. The summed E-state index contributed by atoms with van der Waals surface area (Å²) >= 11 is 2.57. The summed E-state index contributed by atoms with van der Waals surface area (Å²) in [7, 11) is 3.97. The summed E-state index contributed by atoms with van der Waals surface area (Å²) in [5, 5.41) is 15.0. The van der Waals surface area contributed by atoms with Crippen molar-refractivity contribution in [1.29, 1.82) is 0 Å². The minimum Gasteiger partial charge on any atom is -0.343 e. The first-order valence-electron chi connectivity index (χ1n) is 23.6. The largest absolute Gasteiger partial charge is 0.343 e. The van der Waals surface area contributed by atoms with Gasteiger partial charge >= 0.3 is 12.1 Å². The lowest BCUT2D eigenvalue weighted by Crippen LogP contribution is -2.43. The molecule has 78 heavy (non-hydrogen) atoms. The number of benzene rings is 4. The van der Waals surface area contributed by atoms with Gasteiger partial charge in [-0.2, -0.15) is 4.98 Å². The van der Waals surface area contributed by atoms with Gasteiger partial charge in [-0.1, -0.05) is 24.3 Å². The monoisotopic (exact) mass is 1120 g/mol. The number of fused-ring (bicyclic) bond motifs is 2. The van der Waals surface area contributed by atoms with Gasteiger partial charge in [0, 0.05) is 82.9 Å². The van der Waals surface area contributed by atoms with Gasteiger partial charge in [0.2, 0.25) is 11.1 Å². The van der Waals surface area contributed by atoms with Crippen LogP contribution in [0.25, 0.3) is 22.5 Å². The van der Waals surface area contributed by atoms with Crippen molar-refractivity contribution >= 4 is 96.6 Å². The van der Waals surface area contributed by atoms with E-state index in [9.17, 15) is 40.9 Å². The number of rotatable bonds is 13. The van der Waals surface area contributed by atoms with Gasteiger partial charge in [0.15, 0.2) is 21.9 Å². The van der Waals surface area contributed by atoms with Gasteiger partial charge in [-0.3, -0.25) is 24.4 Å². The Morgan fingerprint density at radius 2 is 1.10 bits per heavy atom. The third kappa shape index (κ3) is 11.3. The molecule has 1 unspecified atom stereocenters. The fraction of sp³-hybridized carbons (Fsp3) is 0.192. The van der Waals surface area contributed by atoms with E-state index in [4.69, 9.17) is 4.98 Å². The lowest BCUT2D eigenvalue weighted by molar-refractivity contribution is 0.101. The molecule has 0 radical (unpaired) electrons. The zero-order valence-electron chi connectivity index (χ0n) is 42.3. The summed E-state index contributed by atoms with van der Waals surface area (Å²) < 4.78 is 71.9. The van der Waals surface area contributed by atoms with E-state index in [1.165, 1.54) is 41.1 Å². The van der Waals surface area contributed by atoms with E-state index in [-0.39, 0.29) is 47.4 Å². The van der Waals surface area contributed by atoms with Crippen LogP contribution < -0.4 is 36.0 Å². The molecule has 1 atom stereocenters. The molecule has 4 aromatic heterocycles. The van der Waals surface area contributed by atoms with Gasteiger partial charge < -0.3 is 20.4 Å². The molecule has 2 aliphatic heterocycles. The number of hydrogen-bond donors (Lipinski definition) is 4. The number of carbonyl (C=O) groups is 4. The fourth-order valence-corrected chi connectivity index (χ4v) is 9.73. The highest BCUT2D eigenvalue weighted by Gasteiger charge is 2.37. The zero-order chi connectivity index (χ0) is 55.5. The quantitative estimate of drug-likeness (QED) is 0.0625. The van der Waals surface area contributed by atoms with Crippen molar-refractivity contribution in [1.82, 2.24) is 45.4 Å². The molecule has 10 rings (SSSR count). The number of likely N-dealkylation sites (N-methyl/N-ethyl adjacent to an activating group) is 2. The molecule has 8 aromatic rings. The van der Waals surface area contributed by atoms with E-state index in [0.717, 1.165) is 45.2 Å². The van der Waals surface area contributed by atoms with Crippen LogP contribution in [0.5, 0.6) is 0 Å². The Morgan fingerprint density at radius 1 is 0.654 bits per heavy atom. The van der Waals surface area contributed by atoms with Crippen molar-refractivity contribution in [2.24, 2.45) is 0 Å². The number of thiazole rings is 2. The van der Waals surface area contributed by atoms with Gasteiger partial charge in [0.1, 0.15) is 34.6 Å². The van der Waals surface area contributed by atoms with Crippen LogP contribution in [0.4, 0.5) is 66.4 Å². The summed E-state index contributed by atoms with van der Waals surface area (Å²) in [5.74, 6) is -4.29. The van der Waals surface area contributed by atoms with Crippen LogP contribution in [-0.4, -0.2) is 103 Å². The van der Waals surface area contributed by atoms with E-state index >= 15 is 0 Å². The van der Waals surface area contributed by atoms with E-state index < -0.39 is 63.4 Å². The van der Waals surface area contributed by atoms with E-state index in [1.807, 2.05) is 25.9 Å². The van der Waals surface area contributed by atoms with Crippen LogP contribution in [0.2, 0.25) is 0 Å². The number of anilines is 7. The Morgan fingerprint density at radius 3 is 1.53 bits per heavy atom. The average Bonchev–Trinajstić information content (AvgIpc) is 4.17. The second-order valence-corrected chi connectivity index (χ2v) is 20.8. The number of urea groups is 2. The summed E-state index contributed by atoms with van der Waals surface area (Å²) in [6.07, 6.45) is 4.52. The van der Waals surface area contributed by atoms with Crippen molar-refractivity contribution in [2.75, 3.05) is 65.8 Å². The van der Waals surface area contributed by atoms with E-state index in [0.29, 0.717) is 62.4 Å². The normalized spacial score (nSPS) is 13.2. The van der Waals surface area contributed by atoms with Crippen LogP contribution in [-0.2, 0) is 23.9 Å². The van der Waals surface area contributed by atoms with Gasteiger partial charge in [-0.25, -0.2) is 61.9 Å². The molecule has 26 heteroatoms. The number of carbonyl (C=O) groups excluding carboxylic acids is 4. The van der Waals surface area contributed by atoms with Crippen molar-refractivity contribution in [3.05, 3.63) is 153 Å². The molecule has 6 heterocycles. The smallest absolute Gasteiger partial charge is 0.328 e. The van der Waals surface area contributed by atoms with Crippen LogP contribution >= 0.6 is 22.7 Å².